The molecule has 6 aromatic rings. The molecular weight excluding hydrogens is 388 g/mol. The Bertz CT molecular complexity index is 1560. The number of rotatable bonds is 3. The van der Waals surface area contributed by atoms with Crippen molar-refractivity contribution in [3.8, 4) is 22.6 Å². The summed E-state index contributed by atoms with van der Waals surface area (Å²) in [5.41, 5.74) is 12.9. The minimum absolute atomic E-state index is 0.554. The van der Waals surface area contributed by atoms with Gasteiger partial charge in [-0.25, -0.2) is 9.67 Å². The Balaban J connectivity index is 1.47. The quantitative estimate of drug-likeness (QED) is 0.462. The Labute approximate surface area is 177 Å². The van der Waals surface area contributed by atoms with Crippen molar-refractivity contribution < 1.29 is 0 Å². The summed E-state index contributed by atoms with van der Waals surface area (Å²) in [6.45, 7) is 1.94. The van der Waals surface area contributed by atoms with E-state index in [-0.39, 0.29) is 0 Å². The van der Waals surface area contributed by atoms with Crippen LogP contribution in [-0.2, 0) is 0 Å². The molecule has 8 nitrogen and oxygen atoms in total. The highest BCUT2D eigenvalue weighted by Crippen LogP contribution is 2.29. The van der Waals surface area contributed by atoms with Gasteiger partial charge in [-0.05, 0) is 54.8 Å². The van der Waals surface area contributed by atoms with Crippen molar-refractivity contribution in [2.75, 3.05) is 5.73 Å². The molecule has 0 bridgehead atoms. The summed E-state index contributed by atoms with van der Waals surface area (Å²) >= 11 is 0. The molecule has 0 fully saturated rings. The number of nitrogens with one attached hydrogen (secondary N) is 1. The van der Waals surface area contributed by atoms with Gasteiger partial charge >= 0.3 is 0 Å². The number of imidazole rings is 1. The lowest BCUT2D eigenvalue weighted by molar-refractivity contribution is 0.892. The van der Waals surface area contributed by atoms with Gasteiger partial charge in [0.2, 0.25) is 0 Å². The molecule has 3 N–H and O–H groups in total. The van der Waals surface area contributed by atoms with Gasteiger partial charge in [-0.1, -0.05) is 12.1 Å². The highest BCUT2D eigenvalue weighted by Gasteiger charge is 2.14. The van der Waals surface area contributed by atoms with Crippen molar-refractivity contribution in [3.63, 3.8) is 0 Å². The summed E-state index contributed by atoms with van der Waals surface area (Å²) in [4.78, 5) is 7.71. The maximum Gasteiger partial charge on any atom is 0.151 e. The standard InChI is InChI=1S/C23H18N8/c1-14-27-19-7-6-17(12-20(19)28-14)31-23(24)22(13-26-31)30-10-8-15-4-5-16(11-21(15)30)18-3-2-9-25-29-18/h2-13H,24H2,1H3,(H,27,28). The van der Waals surface area contributed by atoms with Crippen LogP contribution in [0, 0.1) is 6.92 Å². The third-order valence-corrected chi connectivity index (χ3v) is 5.44. The maximum absolute atomic E-state index is 6.55. The number of anilines is 1. The molecule has 0 radical (unpaired) electrons. The fourth-order valence-corrected chi connectivity index (χ4v) is 3.95. The molecular formula is C23H18N8. The number of aromatic amines is 1. The zero-order valence-electron chi connectivity index (χ0n) is 16.7. The predicted molar refractivity (Wildman–Crippen MR) is 120 cm³/mol. The lowest BCUT2D eigenvalue weighted by atomic mass is 10.1. The average Bonchev–Trinajstić information content (AvgIpc) is 3.48. The van der Waals surface area contributed by atoms with Gasteiger partial charge < -0.3 is 15.3 Å². The molecule has 0 aliphatic rings. The first kappa shape index (κ1) is 17.4. The van der Waals surface area contributed by atoms with Crippen molar-refractivity contribution in [1.82, 2.24) is 34.5 Å². The van der Waals surface area contributed by atoms with Crippen LogP contribution in [0.3, 0.4) is 0 Å². The summed E-state index contributed by atoms with van der Waals surface area (Å²) in [5, 5.41) is 13.9. The Morgan fingerprint density at radius 1 is 1.03 bits per heavy atom. The molecule has 0 saturated carbocycles. The fraction of sp³-hybridized carbons (Fsp3) is 0.0435. The number of nitrogen functional groups attached to an aromatic ring is 1. The van der Waals surface area contributed by atoms with Crippen LogP contribution < -0.4 is 5.73 Å². The van der Waals surface area contributed by atoms with Crippen molar-refractivity contribution in [1.29, 1.82) is 0 Å². The Morgan fingerprint density at radius 3 is 2.84 bits per heavy atom. The molecule has 8 heteroatoms. The van der Waals surface area contributed by atoms with E-state index in [4.69, 9.17) is 5.73 Å². The molecule has 2 aromatic carbocycles. The second-order valence-corrected chi connectivity index (χ2v) is 7.42. The van der Waals surface area contributed by atoms with Gasteiger partial charge in [-0.15, -0.1) is 0 Å². The largest absolute Gasteiger partial charge is 0.382 e. The molecule has 0 aliphatic heterocycles. The number of H-pyrrole nitrogens is 1. The number of benzene rings is 2. The van der Waals surface area contributed by atoms with Crippen LogP contribution in [0.15, 0.2) is 73.2 Å². The fourth-order valence-electron chi connectivity index (χ4n) is 3.95. The summed E-state index contributed by atoms with van der Waals surface area (Å²) in [6, 6.07) is 18.0. The maximum atomic E-state index is 6.55. The number of fused-ring (bicyclic) bond motifs is 2. The van der Waals surface area contributed by atoms with Gasteiger partial charge in [-0.3, -0.25) is 0 Å². The van der Waals surface area contributed by atoms with Gasteiger partial charge in [0.25, 0.3) is 0 Å². The molecule has 150 valence electrons. The van der Waals surface area contributed by atoms with E-state index < -0.39 is 0 Å². The van der Waals surface area contributed by atoms with E-state index in [2.05, 4.69) is 43.5 Å². The molecule has 0 atom stereocenters. The molecule has 0 unspecified atom stereocenters. The van der Waals surface area contributed by atoms with Crippen molar-refractivity contribution in [3.05, 3.63) is 79.0 Å². The Hall–Kier alpha value is -4.46. The van der Waals surface area contributed by atoms with Crippen LogP contribution in [0.5, 0.6) is 0 Å². The van der Waals surface area contributed by atoms with Crippen molar-refractivity contribution in [2.45, 2.75) is 6.92 Å². The number of nitrogens with zero attached hydrogens (tertiary/aromatic N) is 6. The van der Waals surface area contributed by atoms with E-state index in [9.17, 15) is 0 Å². The molecule has 0 aliphatic carbocycles. The van der Waals surface area contributed by atoms with E-state index >= 15 is 0 Å². The highest BCUT2D eigenvalue weighted by atomic mass is 15.3. The van der Waals surface area contributed by atoms with Crippen LogP contribution in [0.1, 0.15) is 5.82 Å². The monoisotopic (exact) mass is 406 g/mol. The molecule has 4 heterocycles. The first-order valence-corrected chi connectivity index (χ1v) is 9.87. The van der Waals surface area contributed by atoms with E-state index in [0.29, 0.717) is 5.82 Å². The lowest BCUT2D eigenvalue weighted by Crippen LogP contribution is -2.04. The molecule has 0 saturated heterocycles. The summed E-state index contributed by atoms with van der Waals surface area (Å²) in [5.74, 6) is 1.43. The highest BCUT2D eigenvalue weighted by molar-refractivity contribution is 5.87. The van der Waals surface area contributed by atoms with Crippen molar-refractivity contribution >= 4 is 27.8 Å². The van der Waals surface area contributed by atoms with E-state index in [1.54, 1.807) is 17.1 Å². The van der Waals surface area contributed by atoms with Crippen LogP contribution in [0.4, 0.5) is 5.82 Å². The zero-order chi connectivity index (χ0) is 20.9. The minimum atomic E-state index is 0.554. The van der Waals surface area contributed by atoms with Crippen LogP contribution >= 0.6 is 0 Å². The van der Waals surface area contributed by atoms with Gasteiger partial charge in [-0.2, -0.15) is 15.3 Å². The van der Waals surface area contributed by atoms with E-state index in [1.807, 2.05) is 54.1 Å². The Morgan fingerprint density at radius 2 is 1.97 bits per heavy atom. The predicted octanol–water partition coefficient (Wildman–Crippen LogP) is 4.04. The average molecular weight is 406 g/mol. The normalized spacial score (nSPS) is 11.5. The lowest BCUT2D eigenvalue weighted by Gasteiger charge is -2.08. The first-order chi connectivity index (χ1) is 15.2. The van der Waals surface area contributed by atoms with Gasteiger partial charge in [0.05, 0.1) is 34.1 Å². The third-order valence-electron chi connectivity index (χ3n) is 5.44. The summed E-state index contributed by atoms with van der Waals surface area (Å²) in [7, 11) is 0. The molecule has 4 aromatic heterocycles. The SMILES string of the molecule is Cc1nc2ccc(-n3ncc(-n4ccc5ccc(-c6cccnn6)cc54)c3N)cc2[nH]1. The number of hydrogen-bond donors (Lipinski definition) is 2. The molecule has 31 heavy (non-hydrogen) atoms. The Kier molecular flexibility index (Phi) is 3.66. The topological polar surface area (TPSA) is 103 Å². The summed E-state index contributed by atoms with van der Waals surface area (Å²) in [6.07, 6.45) is 5.46. The summed E-state index contributed by atoms with van der Waals surface area (Å²) < 4.78 is 3.79. The van der Waals surface area contributed by atoms with E-state index in [1.165, 1.54) is 0 Å². The number of nitrogens with two attached hydrogens (primary N) is 1. The second kappa shape index (κ2) is 6.53. The van der Waals surface area contributed by atoms with Crippen LogP contribution in [-0.4, -0.2) is 34.5 Å². The second-order valence-electron chi connectivity index (χ2n) is 7.42. The van der Waals surface area contributed by atoms with Gasteiger partial charge in [0.1, 0.15) is 11.5 Å². The van der Waals surface area contributed by atoms with Gasteiger partial charge in [0.15, 0.2) is 5.82 Å². The minimum Gasteiger partial charge on any atom is -0.382 e. The number of aryl methyl sites for hydroxylation is 1. The van der Waals surface area contributed by atoms with Crippen LogP contribution in [0.2, 0.25) is 0 Å². The molecule has 0 amide bonds. The van der Waals surface area contributed by atoms with Crippen molar-refractivity contribution in [2.24, 2.45) is 0 Å². The van der Waals surface area contributed by atoms with Crippen LogP contribution in [0.25, 0.3) is 44.6 Å². The molecule has 0 spiro atoms. The number of aromatic nitrogens is 7. The third kappa shape index (κ3) is 2.77. The smallest absolute Gasteiger partial charge is 0.151 e. The number of hydrogen-bond acceptors (Lipinski definition) is 5. The zero-order valence-corrected chi connectivity index (χ0v) is 16.7. The first-order valence-electron chi connectivity index (χ1n) is 9.87. The molecule has 6 rings (SSSR count). The van der Waals surface area contributed by atoms with E-state index in [0.717, 1.165) is 50.4 Å². The van der Waals surface area contributed by atoms with Gasteiger partial charge in [0, 0.05) is 18.0 Å².